The molecule has 6 nitrogen and oxygen atoms in total. The third-order valence-electron chi connectivity index (χ3n) is 3.72. The summed E-state index contributed by atoms with van der Waals surface area (Å²) in [5, 5.41) is 3.32. The second-order valence-corrected chi connectivity index (χ2v) is 4.75. The van der Waals surface area contributed by atoms with Crippen molar-refractivity contribution in [2.45, 2.75) is 6.04 Å². The fourth-order valence-corrected chi connectivity index (χ4v) is 2.44. The molecule has 0 aliphatic carbocycles. The molecular formula is C12H19N5O. The van der Waals surface area contributed by atoms with Crippen molar-refractivity contribution in [2.75, 3.05) is 51.3 Å². The monoisotopic (exact) mass is 249 g/mol. The molecule has 18 heavy (non-hydrogen) atoms. The largest absolute Gasteiger partial charge is 0.480 e. The zero-order valence-corrected chi connectivity index (χ0v) is 10.7. The summed E-state index contributed by atoms with van der Waals surface area (Å²) in [7, 11) is 1.62. The van der Waals surface area contributed by atoms with Crippen LogP contribution in [0.1, 0.15) is 0 Å². The minimum Gasteiger partial charge on any atom is -0.480 e. The minimum atomic E-state index is 0.582. The molecule has 0 atom stereocenters. The van der Waals surface area contributed by atoms with Crippen LogP contribution in [0, 0.1) is 0 Å². The zero-order chi connectivity index (χ0) is 12.4. The fourth-order valence-electron chi connectivity index (χ4n) is 2.44. The van der Waals surface area contributed by atoms with Gasteiger partial charge in [-0.05, 0) is 0 Å². The van der Waals surface area contributed by atoms with Crippen LogP contribution in [0.5, 0.6) is 5.88 Å². The Labute approximate surface area is 107 Å². The number of nitrogens with zero attached hydrogens (tertiary/aromatic N) is 4. The van der Waals surface area contributed by atoms with Crippen molar-refractivity contribution in [2.24, 2.45) is 0 Å². The molecule has 1 aromatic heterocycles. The molecule has 3 rings (SSSR count). The lowest BCUT2D eigenvalue weighted by Gasteiger charge is -2.43. The molecule has 98 valence electrons. The summed E-state index contributed by atoms with van der Waals surface area (Å²) in [5.74, 6) is 1.50. The van der Waals surface area contributed by atoms with Crippen molar-refractivity contribution in [3.8, 4) is 5.88 Å². The number of aromatic nitrogens is 2. The topological polar surface area (TPSA) is 53.5 Å². The second kappa shape index (κ2) is 5.07. The van der Waals surface area contributed by atoms with E-state index in [1.165, 1.54) is 0 Å². The Balaban J connectivity index is 1.60. The third kappa shape index (κ3) is 2.26. The van der Waals surface area contributed by atoms with E-state index in [2.05, 4.69) is 25.1 Å². The van der Waals surface area contributed by atoms with Crippen LogP contribution < -0.4 is 15.0 Å². The number of nitrogens with one attached hydrogen (secondary N) is 1. The lowest BCUT2D eigenvalue weighted by Crippen LogP contribution is -2.61. The van der Waals surface area contributed by atoms with Crippen LogP contribution >= 0.6 is 0 Å². The van der Waals surface area contributed by atoms with E-state index in [1.807, 2.05) is 6.20 Å². The Morgan fingerprint density at radius 1 is 1.22 bits per heavy atom. The molecular weight excluding hydrogens is 230 g/mol. The second-order valence-electron chi connectivity index (χ2n) is 4.75. The van der Waals surface area contributed by atoms with Crippen molar-refractivity contribution in [3.05, 3.63) is 12.4 Å². The molecule has 0 unspecified atom stereocenters. The molecule has 0 bridgehead atoms. The standard InChI is InChI=1S/C12H19N5O/c1-18-12-9-14-8-11(15-12)17-4-2-16(3-5-17)10-6-13-7-10/h8-10,13H,2-7H2,1H3. The average Bonchev–Trinajstić information content (AvgIpc) is 2.38. The Bertz CT molecular complexity index is 401. The molecule has 1 N–H and O–H groups in total. The molecule has 2 aliphatic heterocycles. The fraction of sp³-hybridized carbons (Fsp3) is 0.667. The van der Waals surface area contributed by atoms with Crippen molar-refractivity contribution in [1.82, 2.24) is 20.2 Å². The average molecular weight is 249 g/mol. The highest BCUT2D eigenvalue weighted by molar-refractivity contribution is 5.38. The summed E-state index contributed by atoms with van der Waals surface area (Å²) < 4.78 is 5.11. The normalized spacial score (nSPS) is 21.7. The maximum absolute atomic E-state index is 5.11. The third-order valence-corrected chi connectivity index (χ3v) is 3.72. The van der Waals surface area contributed by atoms with Gasteiger partial charge in [0.1, 0.15) is 0 Å². The van der Waals surface area contributed by atoms with Gasteiger partial charge in [0.25, 0.3) is 0 Å². The maximum Gasteiger partial charge on any atom is 0.233 e. The molecule has 0 aromatic carbocycles. The van der Waals surface area contributed by atoms with E-state index in [0.717, 1.165) is 51.1 Å². The van der Waals surface area contributed by atoms with Crippen LogP contribution in [-0.2, 0) is 0 Å². The van der Waals surface area contributed by atoms with Gasteiger partial charge in [-0.15, -0.1) is 0 Å². The van der Waals surface area contributed by atoms with E-state index >= 15 is 0 Å². The van der Waals surface area contributed by atoms with Crippen molar-refractivity contribution in [1.29, 1.82) is 0 Å². The molecule has 2 aliphatic rings. The Morgan fingerprint density at radius 2 is 2.00 bits per heavy atom. The van der Waals surface area contributed by atoms with Gasteiger partial charge in [0.2, 0.25) is 5.88 Å². The maximum atomic E-state index is 5.11. The lowest BCUT2D eigenvalue weighted by molar-refractivity contribution is 0.137. The molecule has 0 saturated carbocycles. The van der Waals surface area contributed by atoms with Crippen molar-refractivity contribution >= 4 is 5.82 Å². The lowest BCUT2D eigenvalue weighted by atomic mass is 10.1. The number of ether oxygens (including phenoxy) is 1. The number of anilines is 1. The van der Waals surface area contributed by atoms with E-state index in [-0.39, 0.29) is 0 Å². The molecule has 0 spiro atoms. The van der Waals surface area contributed by atoms with Crippen LogP contribution in [0.25, 0.3) is 0 Å². The van der Waals surface area contributed by atoms with Gasteiger partial charge in [0.05, 0.1) is 19.5 Å². The number of methoxy groups -OCH3 is 1. The van der Waals surface area contributed by atoms with Crippen molar-refractivity contribution in [3.63, 3.8) is 0 Å². The number of hydrogen-bond acceptors (Lipinski definition) is 6. The number of hydrogen-bond donors (Lipinski definition) is 1. The van der Waals surface area contributed by atoms with Gasteiger partial charge in [-0.25, -0.2) is 0 Å². The quantitative estimate of drug-likeness (QED) is 0.785. The predicted molar refractivity (Wildman–Crippen MR) is 69.0 cm³/mol. The van der Waals surface area contributed by atoms with Crippen LogP contribution in [0.4, 0.5) is 5.82 Å². The van der Waals surface area contributed by atoms with E-state index in [9.17, 15) is 0 Å². The smallest absolute Gasteiger partial charge is 0.233 e. The van der Waals surface area contributed by atoms with E-state index in [1.54, 1.807) is 13.3 Å². The van der Waals surface area contributed by atoms with E-state index < -0.39 is 0 Å². The van der Waals surface area contributed by atoms with Gasteiger partial charge >= 0.3 is 0 Å². The number of piperazine rings is 1. The Kier molecular flexibility index (Phi) is 3.29. The van der Waals surface area contributed by atoms with E-state index in [4.69, 9.17) is 4.74 Å². The van der Waals surface area contributed by atoms with Gasteiger partial charge in [-0.3, -0.25) is 9.88 Å². The summed E-state index contributed by atoms with van der Waals surface area (Å²) in [5.41, 5.74) is 0. The van der Waals surface area contributed by atoms with Crippen molar-refractivity contribution < 1.29 is 4.74 Å². The van der Waals surface area contributed by atoms with Gasteiger partial charge in [0.15, 0.2) is 5.82 Å². The van der Waals surface area contributed by atoms with Crippen LogP contribution in [0.2, 0.25) is 0 Å². The summed E-state index contributed by atoms with van der Waals surface area (Å²) in [4.78, 5) is 13.4. The SMILES string of the molecule is COc1cncc(N2CCN(C3CNC3)CC2)n1. The van der Waals surface area contributed by atoms with Gasteiger partial charge < -0.3 is 15.0 Å². The molecule has 3 heterocycles. The summed E-state index contributed by atoms with van der Waals surface area (Å²) in [6.45, 7) is 6.51. The molecule has 0 radical (unpaired) electrons. The first-order valence-electron chi connectivity index (χ1n) is 6.42. The molecule has 2 saturated heterocycles. The first-order chi connectivity index (χ1) is 8.86. The molecule has 0 amide bonds. The highest BCUT2D eigenvalue weighted by Gasteiger charge is 2.28. The first kappa shape index (κ1) is 11.7. The summed E-state index contributed by atoms with van der Waals surface area (Å²) in [6, 6.07) is 0.739. The first-order valence-corrected chi connectivity index (χ1v) is 6.42. The Hall–Kier alpha value is -1.40. The predicted octanol–water partition coefficient (Wildman–Crippen LogP) is -0.421. The van der Waals surface area contributed by atoms with Gasteiger partial charge in [0, 0.05) is 45.3 Å². The highest BCUT2D eigenvalue weighted by atomic mass is 16.5. The molecule has 6 heteroatoms. The van der Waals surface area contributed by atoms with E-state index in [0.29, 0.717) is 5.88 Å². The Morgan fingerprint density at radius 3 is 2.61 bits per heavy atom. The molecule has 1 aromatic rings. The van der Waals surface area contributed by atoms with Crippen LogP contribution in [-0.4, -0.2) is 67.3 Å². The van der Waals surface area contributed by atoms with Gasteiger partial charge in [-0.1, -0.05) is 0 Å². The minimum absolute atomic E-state index is 0.582. The summed E-state index contributed by atoms with van der Waals surface area (Å²) >= 11 is 0. The zero-order valence-electron chi connectivity index (χ0n) is 10.7. The van der Waals surface area contributed by atoms with Gasteiger partial charge in [-0.2, -0.15) is 4.98 Å². The molecule has 2 fully saturated rings. The number of rotatable bonds is 3. The highest BCUT2D eigenvalue weighted by Crippen LogP contribution is 2.17. The van der Waals surface area contributed by atoms with Crippen LogP contribution in [0.15, 0.2) is 12.4 Å². The van der Waals surface area contributed by atoms with Crippen LogP contribution in [0.3, 0.4) is 0 Å². The summed E-state index contributed by atoms with van der Waals surface area (Å²) in [6.07, 6.45) is 3.45.